The number of methoxy groups -OCH3 is 1. The number of benzene rings is 1. The van der Waals surface area contributed by atoms with Crippen molar-refractivity contribution in [2.75, 3.05) is 14.2 Å². The number of likely N-dealkylation sites (N-methyl/N-ethyl adjacent to an activating group) is 1. The van der Waals surface area contributed by atoms with Gasteiger partial charge in [0.25, 0.3) is 0 Å². The Kier molecular flexibility index (Phi) is 5.57. The van der Waals surface area contributed by atoms with Crippen LogP contribution in [0.4, 0.5) is 4.39 Å². The lowest BCUT2D eigenvalue weighted by atomic mass is 9.83. The highest BCUT2D eigenvalue weighted by Gasteiger charge is 2.37. The van der Waals surface area contributed by atoms with E-state index in [1.54, 1.807) is 19.2 Å². The predicted octanol–water partition coefficient (Wildman–Crippen LogP) is 3.94. The Morgan fingerprint density at radius 1 is 1.39 bits per heavy atom. The number of rotatable bonds is 6. The van der Waals surface area contributed by atoms with Crippen LogP contribution in [-0.2, 0) is 4.74 Å². The van der Waals surface area contributed by atoms with E-state index in [9.17, 15) is 4.39 Å². The lowest BCUT2D eigenvalue weighted by molar-refractivity contribution is -0.0475. The second-order valence-electron chi connectivity index (χ2n) is 4.36. The molecule has 1 atom stereocenters. The third kappa shape index (κ3) is 2.85. The fourth-order valence-electron chi connectivity index (χ4n) is 2.50. The van der Waals surface area contributed by atoms with Gasteiger partial charge >= 0.3 is 0 Å². The van der Waals surface area contributed by atoms with Crippen LogP contribution in [0, 0.1) is 5.82 Å². The van der Waals surface area contributed by atoms with Crippen LogP contribution in [0.2, 0.25) is 5.02 Å². The Bertz CT molecular complexity index is 385. The fourth-order valence-corrected chi connectivity index (χ4v) is 2.66. The molecule has 0 saturated heterocycles. The maximum absolute atomic E-state index is 14.0. The summed E-state index contributed by atoms with van der Waals surface area (Å²) in [5.41, 5.74) is 0.177. The maximum atomic E-state index is 14.0. The van der Waals surface area contributed by atoms with Crippen LogP contribution in [0.5, 0.6) is 0 Å². The minimum Gasteiger partial charge on any atom is -0.376 e. The smallest absolute Gasteiger partial charge is 0.129 e. The average Bonchev–Trinajstić information content (AvgIpc) is 2.38. The van der Waals surface area contributed by atoms with Crippen LogP contribution in [0.25, 0.3) is 0 Å². The summed E-state index contributed by atoms with van der Waals surface area (Å²) >= 11 is 5.79. The minimum atomic E-state index is -0.413. The van der Waals surface area contributed by atoms with E-state index in [-0.39, 0.29) is 11.9 Å². The Balaban J connectivity index is 3.23. The van der Waals surface area contributed by atoms with Gasteiger partial charge in [-0.2, -0.15) is 0 Å². The number of nitrogens with one attached hydrogen (secondary N) is 1. The zero-order chi connectivity index (χ0) is 13.8. The molecule has 18 heavy (non-hydrogen) atoms. The van der Waals surface area contributed by atoms with Crippen LogP contribution in [-0.4, -0.2) is 19.8 Å². The Morgan fingerprint density at radius 3 is 2.39 bits per heavy atom. The summed E-state index contributed by atoms with van der Waals surface area (Å²) in [6.45, 7) is 4.09. The normalized spacial score (nSPS) is 13.7. The van der Waals surface area contributed by atoms with Gasteiger partial charge < -0.3 is 10.1 Å². The first-order valence-electron chi connectivity index (χ1n) is 6.22. The molecule has 0 fully saturated rings. The van der Waals surface area contributed by atoms with Gasteiger partial charge in [-0.05, 0) is 32.0 Å². The third-order valence-electron chi connectivity index (χ3n) is 3.69. The first kappa shape index (κ1) is 15.4. The van der Waals surface area contributed by atoms with Gasteiger partial charge in [-0.3, -0.25) is 0 Å². The Labute approximate surface area is 113 Å². The summed E-state index contributed by atoms with van der Waals surface area (Å²) < 4.78 is 19.7. The van der Waals surface area contributed by atoms with Crippen molar-refractivity contribution in [2.45, 2.75) is 38.3 Å². The molecule has 0 heterocycles. The summed E-state index contributed by atoms with van der Waals surface area (Å²) in [5.74, 6) is -0.301. The second kappa shape index (κ2) is 6.50. The topological polar surface area (TPSA) is 21.3 Å². The van der Waals surface area contributed by atoms with Crippen molar-refractivity contribution >= 4 is 11.6 Å². The fraction of sp³-hybridized carbons (Fsp3) is 0.571. The van der Waals surface area contributed by atoms with Gasteiger partial charge in [0.15, 0.2) is 0 Å². The molecule has 1 unspecified atom stereocenters. The molecule has 102 valence electrons. The standard InChI is InChI=1S/C14H21ClFNO/c1-5-14(6-2,18-4)13(17-3)11-8-7-10(15)9-12(11)16/h7-9,13,17H,5-6H2,1-4H3. The van der Waals surface area contributed by atoms with Crippen molar-refractivity contribution < 1.29 is 9.13 Å². The number of halogens is 2. The quantitative estimate of drug-likeness (QED) is 0.847. The molecule has 0 bridgehead atoms. The van der Waals surface area contributed by atoms with E-state index in [0.717, 1.165) is 12.8 Å². The monoisotopic (exact) mass is 273 g/mol. The second-order valence-corrected chi connectivity index (χ2v) is 4.80. The van der Waals surface area contributed by atoms with Crippen LogP contribution in [0.1, 0.15) is 38.3 Å². The van der Waals surface area contributed by atoms with E-state index >= 15 is 0 Å². The Hall–Kier alpha value is -0.640. The molecule has 0 saturated carbocycles. The number of hydrogen-bond acceptors (Lipinski definition) is 2. The maximum Gasteiger partial charge on any atom is 0.129 e. The lowest BCUT2D eigenvalue weighted by Gasteiger charge is -2.38. The third-order valence-corrected chi connectivity index (χ3v) is 3.93. The molecule has 0 spiro atoms. The van der Waals surface area contributed by atoms with Crippen LogP contribution in [0.15, 0.2) is 18.2 Å². The molecule has 1 aromatic carbocycles. The van der Waals surface area contributed by atoms with Gasteiger partial charge in [-0.1, -0.05) is 31.5 Å². The van der Waals surface area contributed by atoms with Crippen molar-refractivity contribution in [1.82, 2.24) is 5.32 Å². The zero-order valence-corrected chi connectivity index (χ0v) is 12.1. The summed E-state index contributed by atoms with van der Waals surface area (Å²) in [6.07, 6.45) is 1.60. The van der Waals surface area contributed by atoms with Gasteiger partial charge in [0, 0.05) is 17.7 Å². The molecule has 1 rings (SSSR count). The highest BCUT2D eigenvalue weighted by molar-refractivity contribution is 6.30. The first-order valence-corrected chi connectivity index (χ1v) is 6.59. The van der Waals surface area contributed by atoms with E-state index in [0.29, 0.717) is 10.6 Å². The highest BCUT2D eigenvalue weighted by atomic mass is 35.5. The molecule has 0 aliphatic heterocycles. The van der Waals surface area contributed by atoms with Gasteiger partial charge in [0.2, 0.25) is 0 Å². The van der Waals surface area contributed by atoms with Gasteiger partial charge in [-0.25, -0.2) is 4.39 Å². The average molecular weight is 274 g/mol. The number of ether oxygens (including phenoxy) is 1. The van der Waals surface area contributed by atoms with Crippen molar-refractivity contribution in [1.29, 1.82) is 0 Å². The molecule has 1 aromatic rings. The van der Waals surface area contributed by atoms with Crippen molar-refractivity contribution in [3.05, 3.63) is 34.6 Å². The molecule has 0 amide bonds. The van der Waals surface area contributed by atoms with Crippen LogP contribution >= 0.6 is 11.6 Å². The Morgan fingerprint density at radius 2 is 2.00 bits per heavy atom. The SMILES string of the molecule is CCC(CC)(OC)C(NC)c1ccc(Cl)cc1F. The molecule has 2 nitrogen and oxygen atoms in total. The predicted molar refractivity (Wildman–Crippen MR) is 73.5 cm³/mol. The molecule has 4 heteroatoms. The largest absolute Gasteiger partial charge is 0.376 e. The van der Waals surface area contributed by atoms with E-state index in [1.807, 2.05) is 20.9 Å². The van der Waals surface area contributed by atoms with Gasteiger partial charge in [0.05, 0.1) is 11.6 Å². The molecule has 0 aromatic heterocycles. The van der Waals surface area contributed by atoms with Crippen molar-refractivity contribution in [2.24, 2.45) is 0 Å². The van der Waals surface area contributed by atoms with E-state index < -0.39 is 5.60 Å². The van der Waals surface area contributed by atoms with Gasteiger partial charge in [0.1, 0.15) is 5.82 Å². The van der Waals surface area contributed by atoms with Crippen molar-refractivity contribution in [3.8, 4) is 0 Å². The molecular weight excluding hydrogens is 253 g/mol. The van der Waals surface area contributed by atoms with E-state index in [1.165, 1.54) is 6.07 Å². The van der Waals surface area contributed by atoms with E-state index in [4.69, 9.17) is 16.3 Å². The summed E-state index contributed by atoms with van der Waals surface area (Å²) in [5, 5.41) is 3.57. The highest BCUT2D eigenvalue weighted by Crippen LogP contribution is 2.36. The lowest BCUT2D eigenvalue weighted by Crippen LogP contribution is -2.44. The minimum absolute atomic E-state index is 0.199. The van der Waals surface area contributed by atoms with Crippen LogP contribution in [0.3, 0.4) is 0 Å². The molecule has 0 aliphatic rings. The summed E-state index contributed by atoms with van der Waals surface area (Å²) in [4.78, 5) is 0. The number of hydrogen-bond donors (Lipinski definition) is 1. The molecule has 1 N–H and O–H groups in total. The molecule has 0 aliphatic carbocycles. The zero-order valence-electron chi connectivity index (χ0n) is 11.4. The first-order chi connectivity index (χ1) is 8.54. The summed E-state index contributed by atoms with van der Waals surface area (Å²) in [6, 6.07) is 4.57. The van der Waals surface area contributed by atoms with Crippen LogP contribution < -0.4 is 5.32 Å². The van der Waals surface area contributed by atoms with Crippen molar-refractivity contribution in [3.63, 3.8) is 0 Å². The molecular formula is C14H21ClFNO. The van der Waals surface area contributed by atoms with E-state index in [2.05, 4.69) is 5.32 Å². The molecule has 0 radical (unpaired) electrons. The van der Waals surface area contributed by atoms with Gasteiger partial charge in [-0.15, -0.1) is 0 Å². The summed E-state index contributed by atoms with van der Waals surface area (Å²) in [7, 11) is 3.49.